The predicted octanol–water partition coefficient (Wildman–Crippen LogP) is 4.77. The van der Waals surface area contributed by atoms with Gasteiger partial charge in [-0.15, -0.1) is 0 Å². The van der Waals surface area contributed by atoms with Gasteiger partial charge in [0.1, 0.15) is 0 Å². The van der Waals surface area contributed by atoms with Gasteiger partial charge in [0.25, 0.3) is 0 Å². The van der Waals surface area contributed by atoms with Crippen LogP contribution >= 0.6 is 22.3 Å². The van der Waals surface area contributed by atoms with Crippen LogP contribution in [-0.4, -0.2) is 23.4 Å². The van der Waals surface area contributed by atoms with E-state index in [1.165, 1.54) is 13.2 Å². The molecule has 0 saturated heterocycles. The Morgan fingerprint density at radius 2 is 1.03 bits per heavy atom. The first-order chi connectivity index (χ1) is 14.7. The number of benzene rings is 4. The summed E-state index contributed by atoms with van der Waals surface area (Å²) in [6, 6.07) is 40.7. The van der Waals surface area contributed by atoms with E-state index in [1.807, 2.05) is 22.2 Å². The van der Waals surface area contributed by atoms with Crippen LogP contribution in [0.3, 0.4) is 0 Å². The van der Waals surface area contributed by atoms with Crippen LogP contribution in [0.1, 0.15) is 5.56 Å². The van der Waals surface area contributed by atoms with Crippen molar-refractivity contribution in [2.24, 2.45) is 0 Å². The van der Waals surface area contributed by atoms with Gasteiger partial charge in [0, 0.05) is 0 Å². The van der Waals surface area contributed by atoms with Crippen molar-refractivity contribution in [3.63, 3.8) is 0 Å². The summed E-state index contributed by atoms with van der Waals surface area (Å²) in [6.07, 6.45) is 0. The van der Waals surface area contributed by atoms with E-state index >= 15 is 0 Å². The summed E-state index contributed by atoms with van der Waals surface area (Å²) in [5.41, 5.74) is 1.06. The minimum absolute atomic E-state index is 0.841. The van der Waals surface area contributed by atoms with Gasteiger partial charge in [-0.25, -0.2) is 0 Å². The van der Waals surface area contributed by atoms with E-state index in [0.29, 0.717) is 0 Å². The molecule has 0 unspecified atom stereocenters. The summed E-state index contributed by atoms with van der Waals surface area (Å²) in [6.45, 7) is 0. The van der Waals surface area contributed by atoms with Crippen LogP contribution in [0.5, 0.6) is 5.75 Å². The van der Waals surface area contributed by atoms with Crippen molar-refractivity contribution in [3.05, 3.63) is 121 Å². The molecule has 0 fully saturated rings. The zero-order chi connectivity index (χ0) is 20.8. The first kappa shape index (κ1) is 20.9. The quantitative estimate of drug-likeness (QED) is 0.287. The standard InChI is InChI=1S/C26H22GeOS2/c1-28-25-19-17-21(18-20-25)26(29)30-27(22-11-5-2-6-12-22,23-13-7-3-8-14-23)24-15-9-4-10-16-24/h2-20H,1H3. The van der Waals surface area contributed by atoms with Crippen molar-refractivity contribution in [1.29, 1.82) is 0 Å². The Hall–Kier alpha value is -2.34. The number of thiocarbonyl (C=S) groups is 1. The Morgan fingerprint density at radius 3 is 1.40 bits per heavy atom. The van der Waals surface area contributed by atoms with Gasteiger partial charge in [-0.3, -0.25) is 0 Å². The molecular weight excluding hydrogens is 465 g/mol. The third-order valence-corrected chi connectivity index (χ3v) is 21.4. The third kappa shape index (κ3) is 4.24. The van der Waals surface area contributed by atoms with Crippen molar-refractivity contribution < 1.29 is 4.74 Å². The summed E-state index contributed by atoms with van der Waals surface area (Å²) in [7, 11) is 3.58. The molecular formula is C26H22GeOS2. The van der Waals surface area contributed by atoms with E-state index in [1.54, 1.807) is 7.11 Å². The molecule has 1 nitrogen and oxygen atoms in total. The molecule has 0 aliphatic heterocycles. The van der Waals surface area contributed by atoms with Gasteiger partial charge in [-0.1, -0.05) is 0 Å². The first-order valence-corrected chi connectivity index (χ1v) is 16.7. The maximum absolute atomic E-state index is 6.02. The number of rotatable bonds is 6. The molecule has 30 heavy (non-hydrogen) atoms. The van der Waals surface area contributed by atoms with Gasteiger partial charge in [0.2, 0.25) is 0 Å². The Morgan fingerprint density at radius 1 is 0.633 bits per heavy atom. The number of hydrogen-bond donors (Lipinski definition) is 0. The van der Waals surface area contributed by atoms with Crippen LogP contribution in [0, 0.1) is 0 Å². The molecule has 0 radical (unpaired) electrons. The van der Waals surface area contributed by atoms with E-state index in [-0.39, 0.29) is 0 Å². The van der Waals surface area contributed by atoms with Crippen molar-refractivity contribution in [3.8, 4) is 5.75 Å². The zero-order valence-corrected chi connectivity index (χ0v) is 20.4. The SMILES string of the molecule is COc1ccc(C(=S)[S][Ge]([c]2ccccc2)([c]2ccccc2)[c]2ccccc2)cc1. The van der Waals surface area contributed by atoms with Crippen molar-refractivity contribution in [2.75, 3.05) is 7.11 Å². The first-order valence-electron chi connectivity index (χ1n) is 9.78. The van der Waals surface area contributed by atoms with Gasteiger partial charge < -0.3 is 0 Å². The topological polar surface area (TPSA) is 9.23 Å². The molecule has 0 spiro atoms. The molecule has 0 atom stereocenters. The molecule has 0 aliphatic rings. The molecule has 4 rings (SSSR count). The fourth-order valence-corrected chi connectivity index (χ4v) is 19.7. The van der Waals surface area contributed by atoms with Crippen LogP contribution in [0.2, 0.25) is 0 Å². The van der Waals surface area contributed by atoms with Crippen molar-refractivity contribution >= 4 is 51.8 Å². The molecule has 0 bridgehead atoms. The summed E-state index contributed by atoms with van der Waals surface area (Å²) in [5.74, 6) is 0.841. The number of ether oxygens (including phenoxy) is 1. The van der Waals surface area contributed by atoms with Gasteiger partial charge in [-0.05, 0) is 0 Å². The molecule has 0 saturated carbocycles. The fourth-order valence-electron chi connectivity index (χ4n) is 3.62. The average Bonchev–Trinajstić information content (AvgIpc) is 2.84. The van der Waals surface area contributed by atoms with Crippen LogP contribution < -0.4 is 17.9 Å². The molecule has 0 aromatic heterocycles. The normalized spacial score (nSPS) is 11.1. The molecule has 4 aromatic rings. The maximum atomic E-state index is 6.02. The molecule has 0 amide bonds. The van der Waals surface area contributed by atoms with Gasteiger partial charge in [0.05, 0.1) is 0 Å². The number of methoxy groups -OCH3 is 1. The molecule has 0 aliphatic carbocycles. The van der Waals surface area contributed by atoms with E-state index in [0.717, 1.165) is 15.5 Å². The van der Waals surface area contributed by atoms with Crippen LogP contribution in [-0.2, 0) is 0 Å². The Labute approximate surface area is 189 Å². The Bertz CT molecular complexity index is 1000. The summed E-state index contributed by atoms with van der Waals surface area (Å²) >= 11 is 2.87. The third-order valence-electron chi connectivity index (χ3n) is 5.11. The minimum atomic E-state index is -3.14. The second-order valence-corrected chi connectivity index (χ2v) is 19.1. The van der Waals surface area contributed by atoms with Crippen LogP contribution in [0.4, 0.5) is 0 Å². The molecule has 4 aromatic carbocycles. The molecule has 0 heterocycles. The molecule has 4 heteroatoms. The Kier molecular flexibility index (Phi) is 6.73. The summed E-state index contributed by atoms with van der Waals surface area (Å²) < 4.78 is 10.4. The van der Waals surface area contributed by atoms with Gasteiger partial charge in [-0.2, -0.15) is 0 Å². The van der Waals surface area contributed by atoms with Crippen molar-refractivity contribution in [2.45, 2.75) is 0 Å². The summed E-state index contributed by atoms with van der Waals surface area (Å²) in [4.78, 5) is 0. The van der Waals surface area contributed by atoms with Gasteiger partial charge >= 0.3 is 190 Å². The predicted molar refractivity (Wildman–Crippen MR) is 136 cm³/mol. The molecule has 148 valence electrons. The van der Waals surface area contributed by atoms with E-state index in [4.69, 9.17) is 17.0 Å². The second kappa shape index (κ2) is 9.65. The summed E-state index contributed by atoms with van der Waals surface area (Å²) in [5, 5.41) is 0. The van der Waals surface area contributed by atoms with Crippen LogP contribution in [0.25, 0.3) is 0 Å². The van der Waals surface area contributed by atoms with E-state index in [9.17, 15) is 0 Å². The molecule has 0 N–H and O–H groups in total. The number of hydrogen-bond acceptors (Lipinski definition) is 3. The van der Waals surface area contributed by atoms with Crippen molar-refractivity contribution in [1.82, 2.24) is 0 Å². The monoisotopic (exact) mass is 488 g/mol. The van der Waals surface area contributed by atoms with Gasteiger partial charge in [0.15, 0.2) is 0 Å². The van der Waals surface area contributed by atoms with E-state index < -0.39 is 12.1 Å². The Balaban J connectivity index is 1.89. The zero-order valence-electron chi connectivity index (χ0n) is 16.7. The van der Waals surface area contributed by atoms with E-state index in [2.05, 4.69) is 103 Å². The second-order valence-electron chi connectivity index (χ2n) is 6.90. The average molecular weight is 487 g/mol. The van der Waals surface area contributed by atoms with Crippen LogP contribution in [0.15, 0.2) is 115 Å². The fraction of sp³-hybridized carbons (Fsp3) is 0.0385.